The van der Waals surface area contributed by atoms with Gasteiger partial charge < -0.3 is 25.8 Å². The lowest BCUT2D eigenvalue weighted by Gasteiger charge is -2.33. The molecule has 1 atom stereocenters. The van der Waals surface area contributed by atoms with Gasteiger partial charge in [-0.05, 0) is 18.2 Å². The summed E-state index contributed by atoms with van der Waals surface area (Å²) in [6.45, 7) is 0.600. The Morgan fingerprint density at radius 1 is 1.38 bits per heavy atom. The number of carboxylic acids is 1. The molecule has 0 aliphatic carbocycles. The average Bonchev–Trinajstić information content (AvgIpc) is 2.47. The lowest BCUT2D eigenvalue weighted by atomic mass is 10.2. The molecule has 112 valence electrons. The molecule has 0 spiro atoms. The first-order valence-corrected chi connectivity index (χ1v) is 6.27. The summed E-state index contributed by atoms with van der Waals surface area (Å²) >= 11 is 0. The van der Waals surface area contributed by atoms with Crippen LogP contribution >= 0.6 is 0 Å². The Morgan fingerprint density at radius 3 is 2.81 bits per heavy atom. The third kappa shape index (κ3) is 3.48. The number of nitrogens with two attached hydrogens (primary N) is 1. The summed E-state index contributed by atoms with van der Waals surface area (Å²) < 4.78 is 5.12. The van der Waals surface area contributed by atoms with E-state index in [0.717, 1.165) is 0 Å². The van der Waals surface area contributed by atoms with Gasteiger partial charge in [0, 0.05) is 12.2 Å². The van der Waals surface area contributed by atoms with Crippen LogP contribution in [0.4, 0.5) is 10.5 Å². The number of carbonyl (C=O) groups is 3. The minimum absolute atomic E-state index is 0.0535. The van der Waals surface area contributed by atoms with Crippen molar-refractivity contribution in [2.45, 2.75) is 6.04 Å². The van der Waals surface area contributed by atoms with Crippen LogP contribution in [0.3, 0.4) is 0 Å². The number of ether oxygens (including phenoxy) is 1. The third-order valence-corrected chi connectivity index (χ3v) is 3.08. The highest BCUT2D eigenvalue weighted by Crippen LogP contribution is 2.14. The van der Waals surface area contributed by atoms with Crippen molar-refractivity contribution in [3.05, 3.63) is 29.8 Å². The molecule has 8 heteroatoms. The first-order valence-electron chi connectivity index (χ1n) is 6.27. The Morgan fingerprint density at radius 2 is 2.14 bits per heavy atom. The molecule has 0 aromatic heterocycles. The normalized spacial score (nSPS) is 18.1. The minimum Gasteiger partial charge on any atom is -0.478 e. The molecular weight excluding hydrogens is 278 g/mol. The van der Waals surface area contributed by atoms with Crippen LogP contribution in [0.2, 0.25) is 0 Å². The van der Waals surface area contributed by atoms with E-state index in [1.807, 2.05) is 0 Å². The topological polar surface area (TPSA) is 122 Å². The quantitative estimate of drug-likeness (QED) is 0.729. The van der Waals surface area contributed by atoms with Crippen molar-refractivity contribution in [3.8, 4) is 0 Å². The van der Waals surface area contributed by atoms with Gasteiger partial charge in [-0.3, -0.25) is 4.79 Å². The van der Waals surface area contributed by atoms with Gasteiger partial charge in [-0.2, -0.15) is 0 Å². The standard InChI is InChI=1S/C13H15N3O5/c14-11(17)10-7-21-5-4-16(10)13(20)15-9-3-1-2-8(6-9)12(18)19/h1-3,6,10H,4-5,7H2,(H2,14,17)(H,15,20)(H,18,19). The number of primary amides is 1. The third-order valence-electron chi connectivity index (χ3n) is 3.08. The van der Waals surface area contributed by atoms with Crippen molar-refractivity contribution >= 4 is 23.6 Å². The largest absolute Gasteiger partial charge is 0.478 e. The summed E-state index contributed by atoms with van der Waals surface area (Å²) in [6, 6.07) is 4.47. The number of nitrogens with one attached hydrogen (secondary N) is 1. The molecule has 1 aromatic rings. The molecule has 1 fully saturated rings. The Kier molecular flexibility index (Phi) is 4.39. The molecule has 1 aromatic carbocycles. The maximum Gasteiger partial charge on any atom is 0.335 e. The molecule has 1 aliphatic heterocycles. The first-order chi connectivity index (χ1) is 9.99. The molecule has 3 amide bonds. The molecule has 1 unspecified atom stereocenters. The van der Waals surface area contributed by atoms with E-state index < -0.39 is 23.9 Å². The summed E-state index contributed by atoms with van der Waals surface area (Å²) in [5.41, 5.74) is 5.62. The number of carbonyl (C=O) groups excluding carboxylic acids is 2. The van der Waals surface area contributed by atoms with Gasteiger partial charge in [-0.1, -0.05) is 6.07 Å². The number of morpholine rings is 1. The molecule has 8 nitrogen and oxygen atoms in total. The van der Waals surface area contributed by atoms with E-state index >= 15 is 0 Å². The van der Waals surface area contributed by atoms with Gasteiger partial charge in [0.2, 0.25) is 5.91 Å². The number of benzene rings is 1. The fourth-order valence-corrected chi connectivity index (χ4v) is 2.01. The minimum atomic E-state index is -1.09. The zero-order chi connectivity index (χ0) is 15.4. The van der Waals surface area contributed by atoms with E-state index in [1.54, 1.807) is 6.07 Å². The summed E-state index contributed by atoms with van der Waals surface area (Å²) in [5.74, 6) is -1.74. The van der Waals surface area contributed by atoms with Gasteiger partial charge in [0.05, 0.1) is 18.8 Å². The zero-order valence-corrected chi connectivity index (χ0v) is 11.1. The van der Waals surface area contributed by atoms with E-state index in [0.29, 0.717) is 12.3 Å². The van der Waals surface area contributed by atoms with Gasteiger partial charge in [0.15, 0.2) is 0 Å². The highest BCUT2D eigenvalue weighted by molar-refractivity contribution is 5.95. The average molecular weight is 293 g/mol. The molecule has 0 saturated carbocycles. The van der Waals surface area contributed by atoms with Crippen LogP contribution in [-0.4, -0.2) is 53.7 Å². The summed E-state index contributed by atoms with van der Waals surface area (Å²) in [4.78, 5) is 35.6. The Balaban J connectivity index is 2.11. The molecule has 21 heavy (non-hydrogen) atoms. The highest BCUT2D eigenvalue weighted by atomic mass is 16.5. The van der Waals surface area contributed by atoms with Crippen molar-refractivity contribution in [1.29, 1.82) is 0 Å². The fraction of sp³-hybridized carbons (Fsp3) is 0.308. The molecular formula is C13H15N3O5. The van der Waals surface area contributed by atoms with E-state index in [4.69, 9.17) is 15.6 Å². The first kappa shape index (κ1) is 14.8. The van der Waals surface area contributed by atoms with Gasteiger partial charge in [0.25, 0.3) is 0 Å². The van der Waals surface area contributed by atoms with Gasteiger partial charge >= 0.3 is 12.0 Å². The number of amides is 3. The smallest absolute Gasteiger partial charge is 0.335 e. The van der Waals surface area contributed by atoms with Crippen molar-refractivity contribution in [1.82, 2.24) is 4.90 Å². The van der Waals surface area contributed by atoms with E-state index in [1.165, 1.54) is 23.1 Å². The van der Waals surface area contributed by atoms with Gasteiger partial charge in [-0.15, -0.1) is 0 Å². The van der Waals surface area contributed by atoms with Crippen molar-refractivity contribution in [2.75, 3.05) is 25.1 Å². The second kappa shape index (κ2) is 6.23. The molecule has 2 rings (SSSR count). The summed E-state index contributed by atoms with van der Waals surface area (Å²) in [7, 11) is 0. The van der Waals surface area contributed by atoms with Crippen LogP contribution < -0.4 is 11.1 Å². The number of carboxylic acid groups (broad SMARTS) is 1. The molecule has 1 heterocycles. The number of aromatic carboxylic acids is 1. The van der Waals surface area contributed by atoms with E-state index in [-0.39, 0.29) is 18.7 Å². The van der Waals surface area contributed by atoms with Crippen LogP contribution in [0.1, 0.15) is 10.4 Å². The molecule has 0 radical (unpaired) electrons. The maximum absolute atomic E-state index is 12.2. The van der Waals surface area contributed by atoms with Crippen LogP contribution in [0.15, 0.2) is 24.3 Å². The molecule has 0 bridgehead atoms. The number of urea groups is 1. The highest BCUT2D eigenvalue weighted by Gasteiger charge is 2.31. The SMILES string of the molecule is NC(=O)C1COCCN1C(=O)Nc1cccc(C(=O)O)c1. The van der Waals surface area contributed by atoms with Crippen LogP contribution in [0, 0.1) is 0 Å². The lowest BCUT2D eigenvalue weighted by Crippen LogP contribution is -2.55. The van der Waals surface area contributed by atoms with E-state index in [2.05, 4.69) is 5.32 Å². The summed E-state index contributed by atoms with van der Waals surface area (Å²) in [6.07, 6.45) is 0. The van der Waals surface area contributed by atoms with E-state index in [9.17, 15) is 14.4 Å². The number of rotatable bonds is 3. The Labute approximate surface area is 120 Å². The van der Waals surface area contributed by atoms with Crippen molar-refractivity contribution in [2.24, 2.45) is 5.73 Å². The number of hydrogen-bond donors (Lipinski definition) is 3. The number of anilines is 1. The van der Waals surface area contributed by atoms with Crippen molar-refractivity contribution < 1.29 is 24.2 Å². The fourth-order valence-electron chi connectivity index (χ4n) is 2.01. The Hall–Kier alpha value is -2.61. The van der Waals surface area contributed by atoms with Crippen LogP contribution in [-0.2, 0) is 9.53 Å². The predicted octanol–water partition coefficient (Wildman–Crippen LogP) is 0.103. The number of hydrogen-bond acceptors (Lipinski definition) is 4. The van der Waals surface area contributed by atoms with Gasteiger partial charge in [0.1, 0.15) is 6.04 Å². The molecule has 1 aliphatic rings. The van der Waals surface area contributed by atoms with Crippen LogP contribution in [0.5, 0.6) is 0 Å². The predicted molar refractivity (Wildman–Crippen MR) is 72.9 cm³/mol. The Bertz CT molecular complexity index is 575. The number of nitrogens with zero attached hydrogens (tertiary/aromatic N) is 1. The van der Waals surface area contributed by atoms with Gasteiger partial charge in [-0.25, -0.2) is 9.59 Å². The zero-order valence-electron chi connectivity index (χ0n) is 11.1. The molecule has 1 saturated heterocycles. The monoisotopic (exact) mass is 293 g/mol. The second-order valence-corrected chi connectivity index (χ2v) is 4.50. The summed E-state index contributed by atoms with van der Waals surface area (Å²) in [5, 5.41) is 11.5. The van der Waals surface area contributed by atoms with Crippen LogP contribution in [0.25, 0.3) is 0 Å². The molecule has 4 N–H and O–H groups in total. The van der Waals surface area contributed by atoms with Crippen molar-refractivity contribution in [3.63, 3.8) is 0 Å². The lowest BCUT2D eigenvalue weighted by molar-refractivity contribution is -0.126. The second-order valence-electron chi connectivity index (χ2n) is 4.50. The maximum atomic E-state index is 12.2.